The van der Waals surface area contributed by atoms with E-state index in [4.69, 9.17) is 0 Å². The summed E-state index contributed by atoms with van der Waals surface area (Å²) in [5.41, 5.74) is 0. The summed E-state index contributed by atoms with van der Waals surface area (Å²) >= 11 is 1.45. The van der Waals surface area contributed by atoms with Crippen molar-refractivity contribution in [2.45, 2.75) is 26.3 Å². The van der Waals surface area contributed by atoms with Crippen LogP contribution in [0.2, 0.25) is 0 Å². The minimum atomic E-state index is -0.939. The van der Waals surface area contributed by atoms with Crippen LogP contribution in [-0.2, 0) is 16.1 Å². The van der Waals surface area contributed by atoms with E-state index in [0.29, 0.717) is 18.0 Å². The third kappa shape index (κ3) is 4.91. The van der Waals surface area contributed by atoms with Crippen molar-refractivity contribution in [1.82, 2.24) is 9.88 Å². The molecule has 0 radical (unpaired) electrons. The first-order valence-corrected chi connectivity index (χ1v) is 7.02. The summed E-state index contributed by atoms with van der Waals surface area (Å²) in [4.78, 5) is 29.0. The molecular weight excluding hydrogens is 273 g/mol. The fourth-order valence-corrected chi connectivity index (χ4v) is 3.04. The van der Waals surface area contributed by atoms with Gasteiger partial charge in [0.1, 0.15) is 0 Å². The normalized spacial score (nSPS) is 16.4. The van der Waals surface area contributed by atoms with Gasteiger partial charge in [-0.3, -0.25) is 9.69 Å². The van der Waals surface area contributed by atoms with Gasteiger partial charge in [0.2, 0.25) is 5.91 Å². The van der Waals surface area contributed by atoms with Gasteiger partial charge in [0, 0.05) is 36.4 Å². The summed E-state index contributed by atoms with van der Waals surface area (Å²) in [6.45, 7) is 3.71. The van der Waals surface area contributed by atoms with Crippen molar-refractivity contribution in [2.75, 3.05) is 18.4 Å². The smallest absolute Gasteiger partial charge is 0.550 e. The number of nitrogens with zero attached hydrogens (tertiary/aromatic N) is 2. The molecule has 0 saturated carbocycles. The van der Waals surface area contributed by atoms with E-state index in [9.17, 15) is 14.7 Å². The molecular formula is C12H16LiN3O3S. The Morgan fingerprint density at radius 3 is 2.70 bits per heavy atom. The summed E-state index contributed by atoms with van der Waals surface area (Å²) in [5.74, 6) is -1.38. The quantitative estimate of drug-likeness (QED) is 0.600. The van der Waals surface area contributed by atoms with Crippen molar-refractivity contribution < 1.29 is 33.6 Å². The Kier molecular flexibility index (Phi) is 6.69. The molecule has 0 spiro atoms. The van der Waals surface area contributed by atoms with E-state index in [-0.39, 0.29) is 30.7 Å². The molecule has 1 amide bonds. The number of aromatic nitrogens is 1. The van der Waals surface area contributed by atoms with E-state index < -0.39 is 5.97 Å². The minimum absolute atomic E-state index is 0. The van der Waals surface area contributed by atoms with E-state index in [1.54, 1.807) is 6.20 Å². The number of carboxylic acid groups (broad SMARTS) is 1. The van der Waals surface area contributed by atoms with Crippen LogP contribution in [-0.4, -0.2) is 34.8 Å². The third-order valence-electron chi connectivity index (χ3n) is 3.14. The largest absolute Gasteiger partial charge is 1.00 e. The third-order valence-corrected chi connectivity index (χ3v) is 4.03. The molecule has 104 valence electrons. The molecule has 1 aromatic rings. The molecule has 2 heterocycles. The Hall–Kier alpha value is -0.873. The van der Waals surface area contributed by atoms with Crippen LogP contribution in [0.5, 0.6) is 0 Å². The number of nitrogens with one attached hydrogen (secondary N) is 1. The van der Waals surface area contributed by atoms with Gasteiger partial charge in [0.05, 0.1) is 0 Å². The van der Waals surface area contributed by atoms with Crippen molar-refractivity contribution in [3.63, 3.8) is 0 Å². The molecule has 0 bridgehead atoms. The van der Waals surface area contributed by atoms with Crippen LogP contribution in [0.1, 0.15) is 24.6 Å². The summed E-state index contributed by atoms with van der Waals surface area (Å²) in [6.07, 6.45) is 3.03. The van der Waals surface area contributed by atoms with Gasteiger partial charge in [-0.1, -0.05) is 0 Å². The van der Waals surface area contributed by atoms with Gasteiger partial charge >= 0.3 is 18.9 Å². The van der Waals surface area contributed by atoms with Crippen LogP contribution in [0, 0.1) is 5.92 Å². The van der Waals surface area contributed by atoms with E-state index in [2.05, 4.69) is 15.2 Å². The number of rotatable bonds is 4. The van der Waals surface area contributed by atoms with Crippen molar-refractivity contribution >= 4 is 28.3 Å². The molecule has 0 unspecified atom stereocenters. The Bertz CT molecular complexity index is 472. The minimum Gasteiger partial charge on any atom is -0.550 e. The van der Waals surface area contributed by atoms with E-state index in [1.165, 1.54) is 18.3 Å². The van der Waals surface area contributed by atoms with Crippen LogP contribution in [0.25, 0.3) is 0 Å². The number of likely N-dealkylation sites (tertiary alicyclic amines) is 1. The topological polar surface area (TPSA) is 85.4 Å². The summed E-state index contributed by atoms with van der Waals surface area (Å²) < 4.78 is 0. The van der Waals surface area contributed by atoms with Crippen molar-refractivity contribution in [3.05, 3.63) is 11.1 Å². The van der Waals surface area contributed by atoms with Gasteiger partial charge < -0.3 is 15.2 Å². The summed E-state index contributed by atoms with van der Waals surface area (Å²) in [6, 6.07) is 0. The fourth-order valence-electron chi connectivity index (χ4n) is 2.14. The van der Waals surface area contributed by atoms with Crippen molar-refractivity contribution in [1.29, 1.82) is 0 Å². The molecule has 1 aliphatic rings. The Balaban J connectivity index is 0.00000200. The molecule has 8 heteroatoms. The maximum atomic E-state index is 10.9. The molecule has 20 heavy (non-hydrogen) atoms. The van der Waals surface area contributed by atoms with E-state index in [0.717, 1.165) is 24.5 Å². The first kappa shape index (κ1) is 17.2. The molecule has 6 nitrogen and oxygen atoms in total. The molecule has 1 N–H and O–H groups in total. The number of carboxylic acids is 1. The molecule has 1 fully saturated rings. The number of carbonyl (C=O) groups is 2. The first-order valence-electron chi connectivity index (χ1n) is 6.20. The van der Waals surface area contributed by atoms with Crippen molar-refractivity contribution in [3.8, 4) is 0 Å². The second-order valence-electron chi connectivity index (χ2n) is 4.68. The summed E-state index contributed by atoms with van der Waals surface area (Å²) in [5, 5.41) is 14.0. The summed E-state index contributed by atoms with van der Waals surface area (Å²) in [7, 11) is 0. The molecule has 1 saturated heterocycles. The Morgan fingerprint density at radius 2 is 2.15 bits per heavy atom. The van der Waals surface area contributed by atoms with Crippen molar-refractivity contribution in [2.24, 2.45) is 5.92 Å². The number of thiazole rings is 1. The number of amides is 1. The second kappa shape index (κ2) is 7.79. The molecule has 1 aliphatic heterocycles. The molecule has 1 aromatic heterocycles. The fraction of sp³-hybridized carbons (Fsp3) is 0.583. The standard InChI is InChI=1S/C12H17N3O3S.Li/c1-8(16)14-12-13-6-10(19-12)7-15-4-2-9(3-5-15)11(17)18;/h6,9H,2-5,7H2,1H3,(H,17,18)(H,13,14,16);/q;+1/p-1. The van der Waals surface area contributed by atoms with Crippen LogP contribution in [0.3, 0.4) is 0 Å². The van der Waals surface area contributed by atoms with Crippen LogP contribution < -0.4 is 29.3 Å². The Morgan fingerprint density at radius 1 is 1.50 bits per heavy atom. The average molecular weight is 289 g/mol. The maximum Gasteiger partial charge on any atom is 1.00 e. The van der Waals surface area contributed by atoms with Gasteiger partial charge in [0.25, 0.3) is 0 Å². The zero-order valence-electron chi connectivity index (χ0n) is 11.7. The van der Waals surface area contributed by atoms with Gasteiger partial charge in [-0.2, -0.15) is 0 Å². The monoisotopic (exact) mass is 289 g/mol. The molecule has 2 rings (SSSR count). The van der Waals surface area contributed by atoms with E-state index >= 15 is 0 Å². The van der Waals surface area contributed by atoms with Crippen LogP contribution >= 0.6 is 11.3 Å². The van der Waals surface area contributed by atoms with Gasteiger partial charge in [-0.15, -0.1) is 11.3 Å². The van der Waals surface area contributed by atoms with Gasteiger partial charge in [-0.25, -0.2) is 4.98 Å². The molecule has 0 aromatic carbocycles. The van der Waals surface area contributed by atoms with Gasteiger partial charge in [0.15, 0.2) is 5.13 Å². The predicted molar refractivity (Wildman–Crippen MR) is 69.4 cm³/mol. The second-order valence-corrected chi connectivity index (χ2v) is 5.80. The predicted octanol–water partition coefficient (Wildman–Crippen LogP) is -2.93. The number of hydrogen-bond acceptors (Lipinski definition) is 6. The Labute approximate surface area is 133 Å². The van der Waals surface area contributed by atoms with Crippen LogP contribution in [0.4, 0.5) is 5.13 Å². The van der Waals surface area contributed by atoms with Crippen LogP contribution in [0.15, 0.2) is 6.20 Å². The zero-order chi connectivity index (χ0) is 13.8. The molecule has 0 atom stereocenters. The number of hydrogen-bond donors (Lipinski definition) is 1. The zero-order valence-corrected chi connectivity index (χ0v) is 12.5. The first-order chi connectivity index (χ1) is 9.04. The SMILES string of the molecule is CC(=O)Nc1ncc(CN2CCC(C(=O)[O-])CC2)s1.[Li+]. The van der Waals surface area contributed by atoms with E-state index in [1.807, 2.05) is 0 Å². The maximum absolute atomic E-state index is 10.9. The number of carbonyl (C=O) groups excluding carboxylic acids is 2. The number of aliphatic carboxylic acids is 1. The average Bonchev–Trinajstić information content (AvgIpc) is 2.76. The van der Waals surface area contributed by atoms with Gasteiger partial charge in [-0.05, 0) is 25.9 Å². The number of anilines is 1. The molecule has 0 aliphatic carbocycles. The number of piperidine rings is 1.